The minimum absolute atomic E-state index is 0.718. The highest BCUT2D eigenvalue weighted by atomic mass is 16.3. The Hall–Kier alpha value is -0.790. The van der Waals surface area contributed by atoms with E-state index in [4.69, 9.17) is 4.42 Å². The first-order chi connectivity index (χ1) is 2.89. The molecule has 1 heterocycles. The van der Waals surface area contributed by atoms with Crippen LogP contribution in [-0.4, -0.2) is 4.98 Å². The molecule has 32 valence electrons. The lowest BCUT2D eigenvalue weighted by Crippen LogP contribution is -1.59. The summed E-state index contributed by atoms with van der Waals surface area (Å²) in [4.78, 5) is 3.75. The van der Waals surface area contributed by atoms with Crippen LogP contribution in [0.2, 0.25) is 0 Å². The second-order valence-corrected chi connectivity index (χ2v) is 1.05. The number of rotatable bonds is 0. The van der Waals surface area contributed by atoms with Crippen LogP contribution >= 0.6 is 0 Å². The fraction of sp³-hybridized carbons (Fsp3) is 0.250. The highest BCUT2D eigenvalue weighted by Gasteiger charge is 1.77. The number of aryl methyl sites for hydroxylation is 1. The molecule has 2 heteroatoms. The van der Waals surface area contributed by atoms with E-state index in [2.05, 4.69) is 4.98 Å². The highest BCUT2D eigenvalue weighted by Crippen LogP contribution is 1.86. The van der Waals surface area contributed by atoms with Crippen LogP contribution in [0.1, 0.15) is 5.89 Å². The van der Waals surface area contributed by atoms with E-state index in [1.807, 2.05) is 0 Å². The Balaban J connectivity index is 3.05. The van der Waals surface area contributed by atoms with E-state index >= 15 is 0 Å². The largest absolute Gasteiger partial charge is 0.449 e. The Kier molecular flexibility index (Phi) is 0.638. The third-order valence-corrected chi connectivity index (χ3v) is 0.556. The van der Waals surface area contributed by atoms with Crippen LogP contribution in [0.3, 0.4) is 0 Å². The first-order valence-corrected chi connectivity index (χ1v) is 1.75. The van der Waals surface area contributed by atoms with Crippen molar-refractivity contribution in [1.82, 2.24) is 4.98 Å². The van der Waals surface area contributed by atoms with E-state index in [0.29, 0.717) is 0 Å². The maximum atomic E-state index is 4.72. The van der Waals surface area contributed by atoms with Gasteiger partial charge < -0.3 is 4.42 Å². The maximum absolute atomic E-state index is 4.72. The molecular weight excluding hydrogens is 78.0 g/mol. The molecule has 0 unspecified atom stereocenters. The molecule has 0 aliphatic heterocycles. The molecule has 0 radical (unpaired) electrons. The topological polar surface area (TPSA) is 26.0 Å². The Morgan fingerprint density at radius 2 is 2.67 bits per heavy atom. The monoisotopic (exact) mass is 83.0 g/mol. The van der Waals surface area contributed by atoms with Crippen molar-refractivity contribution in [1.29, 1.82) is 0 Å². The van der Waals surface area contributed by atoms with Gasteiger partial charge >= 0.3 is 0 Å². The van der Waals surface area contributed by atoms with Gasteiger partial charge in [0.15, 0.2) is 5.89 Å². The summed E-state index contributed by atoms with van der Waals surface area (Å²) in [5.41, 5.74) is 0. The minimum Gasteiger partial charge on any atom is -0.449 e. The summed E-state index contributed by atoms with van der Waals surface area (Å²) < 4.78 is 4.72. The molecule has 0 atom stereocenters. The molecule has 1 aromatic heterocycles. The van der Waals surface area contributed by atoms with Crippen LogP contribution in [0, 0.1) is 6.92 Å². The molecule has 0 bridgehead atoms. The van der Waals surface area contributed by atoms with Gasteiger partial charge in [-0.2, -0.15) is 0 Å². The number of aromatic nitrogens is 1. The molecule has 0 aliphatic rings. The van der Waals surface area contributed by atoms with Crippen molar-refractivity contribution in [2.75, 3.05) is 0 Å². The van der Waals surface area contributed by atoms with Gasteiger partial charge in [-0.15, -0.1) is 0 Å². The fourth-order valence-electron chi connectivity index (χ4n) is 0.295. The Labute approximate surface area is 35.8 Å². The zero-order chi connectivity index (χ0) is 4.41. The van der Waals surface area contributed by atoms with Crippen molar-refractivity contribution in [2.45, 2.75) is 6.92 Å². The van der Waals surface area contributed by atoms with Crippen LogP contribution < -0.4 is 0 Å². The molecule has 0 spiro atoms. The second kappa shape index (κ2) is 1.12. The van der Waals surface area contributed by atoms with Gasteiger partial charge in [-0.1, -0.05) is 0 Å². The van der Waals surface area contributed by atoms with Crippen molar-refractivity contribution in [3.63, 3.8) is 0 Å². The standard InChI is InChI=1S/C4H5NO/c1-4-5-2-3-6-4/h2-3H,1H3. The summed E-state index contributed by atoms with van der Waals surface area (Å²) in [5.74, 6) is 0.718. The minimum atomic E-state index is 0.718. The normalized spacial score (nSPS) is 8.83. The molecular formula is C4H5NO. The van der Waals surface area contributed by atoms with E-state index in [1.54, 1.807) is 19.4 Å². The summed E-state index contributed by atoms with van der Waals surface area (Å²) >= 11 is 0. The number of hydrogen-bond acceptors (Lipinski definition) is 2. The van der Waals surface area contributed by atoms with E-state index in [0.717, 1.165) is 5.89 Å². The van der Waals surface area contributed by atoms with Crippen LogP contribution in [0.15, 0.2) is 16.9 Å². The maximum Gasteiger partial charge on any atom is 0.190 e. The Bertz CT molecular complexity index is 111. The number of hydrogen-bond donors (Lipinski definition) is 0. The fourth-order valence-corrected chi connectivity index (χ4v) is 0.295. The van der Waals surface area contributed by atoms with E-state index in [1.165, 1.54) is 0 Å². The molecule has 0 saturated carbocycles. The van der Waals surface area contributed by atoms with Gasteiger partial charge in [0.25, 0.3) is 0 Å². The van der Waals surface area contributed by atoms with E-state index < -0.39 is 0 Å². The van der Waals surface area contributed by atoms with Crippen molar-refractivity contribution in [3.05, 3.63) is 18.4 Å². The quantitative estimate of drug-likeness (QED) is 0.467. The SMILES string of the molecule is Cc1ncco1. The van der Waals surface area contributed by atoms with Gasteiger partial charge in [0, 0.05) is 6.92 Å². The van der Waals surface area contributed by atoms with Crippen molar-refractivity contribution < 1.29 is 4.42 Å². The third kappa shape index (κ3) is 0.407. The molecule has 0 N–H and O–H groups in total. The lowest BCUT2D eigenvalue weighted by atomic mass is 10.8. The van der Waals surface area contributed by atoms with Gasteiger partial charge in [-0.05, 0) is 0 Å². The lowest BCUT2D eigenvalue weighted by Gasteiger charge is -1.67. The predicted octanol–water partition coefficient (Wildman–Crippen LogP) is 0.983. The summed E-state index contributed by atoms with van der Waals surface area (Å²) in [7, 11) is 0. The summed E-state index contributed by atoms with van der Waals surface area (Å²) in [6.07, 6.45) is 3.17. The van der Waals surface area contributed by atoms with Gasteiger partial charge in [-0.3, -0.25) is 0 Å². The Morgan fingerprint density at radius 1 is 1.83 bits per heavy atom. The van der Waals surface area contributed by atoms with E-state index in [9.17, 15) is 0 Å². The second-order valence-electron chi connectivity index (χ2n) is 1.05. The number of nitrogens with zero attached hydrogens (tertiary/aromatic N) is 1. The average Bonchev–Trinajstić information content (AvgIpc) is 1.86. The van der Waals surface area contributed by atoms with Gasteiger partial charge in [0.1, 0.15) is 6.26 Å². The zero-order valence-corrected chi connectivity index (χ0v) is 3.51. The van der Waals surface area contributed by atoms with Crippen LogP contribution in [0.5, 0.6) is 0 Å². The van der Waals surface area contributed by atoms with Gasteiger partial charge in [0.2, 0.25) is 0 Å². The van der Waals surface area contributed by atoms with Crippen LogP contribution in [0.25, 0.3) is 0 Å². The average molecular weight is 83.1 g/mol. The van der Waals surface area contributed by atoms with Crippen molar-refractivity contribution >= 4 is 0 Å². The zero-order valence-electron chi connectivity index (χ0n) is 3.51. The first kappa shape index (κ1) is 3.40. The van der Waals surface area contributed by atoms with Crippen molar-refractivity contribution in [2.24, 2.45) is 0 Å². The summed E-state index contributed by atoms with van der Waals surface area (Å²) in [6.45, 7) is 1.81. The molecule has 0 saturated heterocycles. The smallest absolute Gasteiger partial charge is 0.190 e. The molecule has 2 nitrogen and oxygen atoms in total. The molecule has 0 aliphatic carbocycles. The molecule has 0 aromatic carbocycles. The Morgan fingerprint density at radius 3 is 2.83 bits per heavy atom. The molecule has 0 amide bonds. The lowest BCUT2D eigenvalue weighted by molar-refractivity contribution is 0.521. The first-order valence-electron chi connectivity index (χ1n) is 1.75. The molecule has 1 aromatic rings. The van der Waals surface area contributed by atoms with Gasteiger partial charge in [0.05, 0.1) is 6.20 Å². The van der Waals surface area contributed by atoms with E-state index in [-0.39, 0.29) is 0 Å². The summed E-state index contributed by atoms with van der Waals surface area (Å²) in [5, 5.41) is 0. The molecule has 1 rings (SSSR count). The van der Waals surface area contributed by atoms with Gasteiger partial charge in [-0.25, -0.2) is 4.98 Å². The summed E-state index contributed by atoms with van der Waals surface area (Å²) in [6, 6.07) is 0. The van der Waals surface area contributed by atoms with Crippen molar-refractivity contribution in [3.8, 4) is 0 Å². The molecule has 6 heavy (non-hydrogen) atoms. The van der Waals surface area contributed by atoms with Crippen LogP contribution in [-0.2, 0) is 0 Å². The highest BCUT2D eigenvalue weighted by molar-refractivity contribution is 4.72. The predicted molar refractivity (Wildman–Crippen MR) is 21.2 cm³/mol. The molecule has 0 fully saturated rings. The van der Waals surface area contributed by atoms with Crippen LogP contribution in [0.4, 0.5) is 0 Å². The third-order valence-electron chi connectivity index (χ3n) is 0.556. The number of oxazole rings is 1.